The van der Waals surface area contributed by atoms with Gasteiger partial charge in [-0.2, -0.15) is 0 Å². The zero-order valence-corrected chi connectivity index (χ0v) is 15.9. The minimum Gasteiger partial charge on any atom is -0.394 e. The van der Waals surface area contributed by atoms with Gasteiger partial charge in [0.05, 0.1) is 13.2 Å². The lowest BCUT2D eigenvalue weighted by atomic mass is 9.91. The fourth-order valence-corrected chi connectivity index (χ4v) is 3.51. The molecule has 30 heavy (non-hydrogen) atoms. The van der Waals surface area contributed by atoms with Gasteiger partial charge in [-0.05, 0) is 17.7 Å². The van der Waals surface area contributed by atoms with E-state index < -0.39 is 74.3 Å². The van der Waals surface area contributed by atoms with E-state index in [1.165, 1.54) is 0 Å². The number of hydrogen-bond acceptors (Lipinski definition) is 10. The molecule has 0 aromatic heterocycles. The topological polar surface area (TPSA) is 180 Å². The normalized spacial score (nSPS) is 41.7. The number of ether oxygens (including phenoxy) is 2. The van der Waals surface area contributed by atoms with Gasteiger partial charge in [0.1, 0.15) is 61.0 Å². The van der Waals surface area contributed by atoms with Crippen molar-refractivity contribution in [1.29, 1.82) is 0 Å². The first-order chi connectivity index (χ1) is 14.3. The second kappa shape index (κ2) is 9.67. The molecule has 0 amide bonds. The minimum absolute atomic E-state index is 0.491. The second-order valence-corrected chi connectivity index (χ2v) is 7.39. The molecule has 1 unspecified atom stereocenters. The summed E-state index contributed by atoms with van der Waals surface area (Å²) in [5, 5.41) is 78.0. The average molecular weight is 426 g/mol. The van der Waals surface area contributed by atoms with E-state index in [9.17, 15) is 40.9 Å². The van der Waals surface area contributed by atoms with Gasteiger partial charge < -0.3 is 50.3 Å². The number of rotatable bonds is 3. The molecule has 0 spiro atoms. The molecule has 3 rings (SSSR count). The maximum atomic E-state index is 10.2. The molecular weight excluding hydrogens is 400 g/mol. The fourth-order valence-electron chi connectivity index (χ4n) is 3.51. The van der Waals surface area contributed by atoms with Crippen LogP contribution in [0.2, 0.25) is 0 Å². The van der Waals surface area contributed by atoms with E-state index in [2.05, 4.69) is 11.8 Å². The van der Waals surface area contributed by atoms with Crippen LogP contribution in [0.3, 0.4) is 0 Å². The lowest BCUT2D eigenvalue weighted by Crippen LogP contribution is -2.58. The molecule has 1 aromatic rings. The number of aliphatic hydroxyl groups excluding tert-OH is 8. The number of aliphatic hydroxyl groups is 8. The van der Waals surface area contributed by atoms with Crippen molar-refractivity contribution in [2.75, 3.05) is 13.2 Å². The lowest BCUT2D eigenvalue weighted by Gasteiger charge is -2.40. The number of benzene rings is 1. The lowest BCUT2D eigenvalue weighted by molar-refractivity contribution is -0.231. The molecule has 2 saturated heterocycles. The largest absolute Gasteiger partial charge is 0.394 e. The Hall–Kier alpha value is -1.62. The maximum Gasteiger partial charge on any atom is 0.147 e. The Morgan fingerprint density at radius 3 is 1.77 bits per heavy atom. The third-order valence-electron chi connectivity index (χ3n) is 5.38. The van der Waals surface area contributed by atoms with Gasteiger partial charge in [-0.1, -0.05) is 24.0 Å². The van der Waals surface area contributed by atoms with Crippen molar-refractivity contribution in [3.63, 3.8) is 0 Å². The molecule has 10 nitrogen and oxygen atoms in total. The van der Waals surface area contributed by atoms with Crippen LogP contribution < -0.4 is 0 Å². The van der Waals surface area contributed by atoms with Gasteiger partial charge in [-0.15, -0.1) is 0 Å². The van der Waals surface area contributed by atoms with Crippen LogP contribution in [0.4, 0.5) is 0 Å². The molecule has 1 aromatic carbocycles. The summed E-state index contributed by atoms with van der Waals surface area (Å²) in [7, 11) is 0. The predicted octanol–water partition coefficient (Wildman–Crippen LogP) is -3.60. The first-order valence-corrected chi connectivity index (χ1v) is 9.51. The Balaban J connectivity index is 1.73. The zero-order valence-electron chi connectivity index (χ0n) is 15.9. The monoisotopic (exact) mass is 426 g/mol. The van der Waals surface area contributed by atoms with Crippen LogP contribution in [0.5, 0.6) is 0 Å². The Kier molecular flexibility index (Phi) is 7.43. The van der Waals surface area contributed by atoms with Crippen molar-refractivity contribution in [3.05, 3.63) is 35.4 Å². The molecule has 166 valence electrons. The summed E-state index contributed by atoms with van der Waals surface area (Å²) in [6.07, 6.45) is -12.9. The van der Waals surface area contributed by atoms with E-state index in [1.807, 2.05) is 0 Å². The standard InChI is InChI=1S/C20H26O10/c21-7-12-15(24)17(26)14(23)11(29-12)6-3-9-1-4-10(5-2-9)20-19(28)18(27)16(25)13(8-22)30-20/h1-2,4-5,11-28H,7-8H2/t11-,12-,13-,14-,15-,16-,17-,18?,19+,20-/m1/s1. The van der Waals surface area contributed by atoms with Crippen molar-refractivity contribution >= 4 is 0 Å². The van der Waals surface area contributed by atoms with Crippen molar-refractivity contribution in [2.45, 2.75) is 61.0 Å². The first kappa shape index (κ1) is 23.1. The van der Waals surface area contributed by atoms with E-state index in [-0.39, 0.29) is 0 Å². The molecule has 0 saturated carbocycles. The third-order valence-corrected chi connectivity index (χ3v) is 5.38. The van der Waals surface area contributed by atoms with Crippen LogP contribution in [0.1, 0.15) is 17.2 Å². The molecule has 10 heteroatoms. The van der Waals surface area contributed by atoms with Gasteiger partial charge in [0.2, 0.25) is 0 Å². The van der Waals surface area contributed by atoms with Crippen molar-refractivity contribution < 1.29 is 50.3 Å². The molecule has 0 radical (unpaired) electrons. The maximum absolute atomic E-state index is 10.2. The van der Waals surface area contributed by atoms with E-state index in [0.717, 1.165) is 0 Å². The Bertz CT molecular complexity index is 755. The highest BCUT2D eigenvalue weighted by Crippen LogP contribution is 2.32. The smallest absolute Gasteiger partial charge is 0.147 e. The van der Waals surface area contributed by atoms with Crippen LogP contribution >= 0.6 is 0 Å². The molecule has 0 bridgehead atoms. The highest BCUT2D eigenvalue weighted by molar-refractivity contribution is 5.38. The zero-order chi connectivity index (χ0) is 22.0. The third kappa shape index (κ3) is 4.51. The van der Waals surface area contributed by atoms with Crippen molar-refractivity contribution in [3.8, 4) is 11.8 Å². The van der Waals surface area contributed by atoms with E-state index in [1.54, 1.807) is 24.3 Å². The quantitative estimate of drug-likeness (QED) is 0.225. The average Bonchev–Trinajstić information content (AvgIpc) is 2.76. The summed E-state index contributed by atoms with van der Waals surface area (Å²) in [5.74, 6) is 5.41. The number of hydrogen-bond donors (Lipinski definition) is 8. The van der Waals surface area contributed by atoms with Gasteiger partial charge in [-0.3, -0.25) is 0 Å². The van der Waals surface area contributed by atoms with Crippen LogP contribution in [0.25, 0.3) is 0 Å². The predicted molar refractivity (Wildman–Crippen MR) is 99.8 cm³/mol. The van der Waals surface area contributed by atoms with Gasteiger partial charge in [0, 0.05) is 5.56 Å². The Morgan fingerprint density at radius 1 is 0.667 bits per heavy atom. The highest BCUT2D eigenvalue weighted by atomic mass is 16.5. The van der Waals surface area contributed by atoms with Crippen molar-refractivity contribution in [2.24, 2.45) is 0 Å². The summed E-state index contributed by atoms with van der Waals surface area (Å²) in [6, 6.07) is 6.36. The van der Waals surface area contributed by atoms with Crippen LogP contribution in [-0.2, 0) is 9.47 Å². The van der Waals surface area contributed by atoms with Gasteiger partial charge in [0.25, 0.3) is 0 Å². The van der Waals surface area contributed by atoms with Crippen LogP contribution in [-0.4, -0.2) is 109 Å². The summed E-state index contributed by atoms with van der Waals surface area (Å²) in [5.41, 5.74) is 0.991. The minimum atomic E-state index is -1.51. The molecular formula is C20H26O10. The Morgan fingerprint density at radius 2 is 1.20 bits per heavy atom. The van der Waals surface area contributed by atoms with E-state index in [0.29, 0.717) is 11.1 Å². The van der Waals surface area contributed by atoms with Gasteiger partial charge in [-0.25, -0.2) is 0 Å². The SMILES string of the molecule is OC[C@H]1O[C@H](C#Cc2ccc([C@H]3O[C@H](CO)[C@@H](O)C(O)[C@@H]3O)cc2)[C@@H](O)[C@@H](O)[C@@H]1O. The fraction of sp³-hybridized carbons (Fsp3) is 0.600. The van der Waals surface area contributed by atoms with Crippen LogP contribution in [0, 0.1) is 11.8 Å². The molecule has 2 aliphatic heterocycles. The molecule has 2 fully saturated rings. The summed E-state index contributed by atoms with van der Waals surface area (Å²) >= 11 is 0. The molecule has 8 N–H and O–H groups in total. The highest BCUT2D eigenvalue weighted by Gasteiger charge is 2.44. The molecule has 0 aliphatic carbocycles. The van der Waals surface area contributed by atoms with Crippen LogP contribution in [0.15, 0.2) is 24.3 Å². The second-order valence-electron chi connectivity index (χ2n) is 7.39. The molecule has 2 aliphatic rings. The van der Waals surface area contributed by atoms with E-state index in [4.69, 9.17) is 9.47 Å². The van der Waals surface area contributed by atoms with Crippen molar-refractivity contribution in [1.82, 2.24) is 0 Å². The Labute approximate surface area is 172 Å². The van der Waals surface area contributed by atoms with Gasteiger partial charge in [0.15, 0.2) is 0 Å². The summed E-state index contributed by atoms with van der Waals surface area (Å²) in [6.45, 7) is -1.07. The molecule has 10 atom stereocenters. The summed E-state index contributed by atoms with van der Waals surface area (Å²) in [4.78, 5) is 0. The van der Waals surface area contributed by atoms with E-state index >= 15 is 0 Å². The van der Waals surface area contributed by atoms with Gasteiger partial charge >= 0.3 is 0 Å². The summed E-state index contributed by atoms with van der Waals surface area (Å²) < 4.78 is 10.8. The first-order valence-electron chi connectivity index (χ1n) is 9.51. The molecule has 2 heterocycles.